The van der Waals surface area contributed by atoms with Crippen molar-refractivity contribution in [3.05, 3.63) is 23.8 Å². The number of rotatable bonds is 7. The third-order valence-corrected chi connectivity index (χ3v) is 2.56. The van der Waals surface area contributed by atoms with Gasteiger partial charge in [0.2, 0.25) is 5.91 Å². The van der Waals surface area contributed by atoms with E-state index in [4.69, 9.17) is 15.2 Å². The van der Waals surface area contributed by atoms with Crippen LogP contribution in [0.25, 0.3) is 0 Å². The van der Waals surface area contributed by atoms with Gasteiger partial charge in [0, 0.05) is 20.1 Å². The second kappa shape index (κ2) is 7.55. The summed E-state index contributed by atoms with van der Waals surface area (Å²) in [5.41, 5.74) is 7.41. The maximum absolute atomic E-state index is 11.5. The Labute approximate surface area is 107 Å². The van der Waals surface area contributed by atoms with Crippen LogP contribution in [-0.4, -0.2) is 33.3 Å². The van der Waals surface area contributed by atoms with Gasteiger partial charge >= 0.3 is 0 Å². The number of hydrogen-bond donors (Lipinski definition) is 2. The second-order valence-corrected chi connectivity index (χ2v) is 3.92. The number of nitrogens with one attached hydrogen (secondary N) is 1. The normalized spacial score (nSPS) is 10.1. The first-order valence-electron chi connectivity index (χ1n) is 5.85. The molecule has 0 fully saturated rings. The van der Waals surface area contributed by atoms with Crippen LogP contribution >= 0.6 is 0 Å². The summed E-state index contributed by atoms with van der Waals surface area (Å²) in [6, 6.07) is 5.56. The Hall–Kier alpha value is -1.75. The second-order valence-electron chi connectivity index (χ2n) is 3.92. The first-order chi connectivity index (χ1) is 8.67. The average molecular weight is 252 g/mol. The molecule has 100 valence electrons. The van der Waals surface area contributed by atoms with Gasteiger partial charge in [0.15, 0.2) is 0 Å². The fourth-order valence-electron chi connectivity index (χ4n) is 1.58. The lowest BCUT2D eigenvalue weighted by Crippen LogP contribution is -2.27. The zero-order valence-electron chi connectivity index (χ0n) is 10.9. The fraction of sp³-hybridized carbons (Fsp3) is 0.462. The average Bonchev–Trinajstić information content (AvgIpc) is 2.37. The van der Waals surface area contributed by atoms with E-state index >= 15 is 0 Å². The van der Waals surface area contributed by atoms with Crippen LogP contribution in [0.3, 0.4) is 0 Å². The highest BCUT2D eigenvalue weighted by Crippen LogP contribution is 2.22. The lowest BCUT2D eigenvalue weighted by molar-refractivity contribution is -0.121. The summed E-state index contributed by atoms with van der Waals surface area (Å²) >= 11 is 0. The number of carbonyl (C=O) groups is 1. The Kier molecular flexibility index (Phi) is 6.00. The molecule has 0 aliphatic carbocycles. The number of methoxy groups -OCH3 is 2. The van der Waals surface area contributed by atoms with E-state index in [1.54, 1.807) is 14.2 Å². The Balaban J connectivity index is 2.39. The Morgan fingerprint density at radius 2 is 2.17 bits per heavy atom. The van der Waals surface area contributed by atoms with Crippen molar-refractivity contribution in [1.82, 2.24) is 5.32 Å². The van der Waals surface area contributed by atoms with E-state index in [0.29, 0.717) is 37.4 Å². The molecule has 1 aromatic rings. The van der Waals surface area contributed by atoms with Gasteiger partial charge < -0.3 is 20.5 Å². The number of ether oxygens (including phenoxy) is 2. The number of hydrogen-bond acceptors (Lipinski definition) is 4. The highest BCUT2D eigenvalue weighted by atomic mass is 16.5. The van der Waals surface area contributed by atoms with Crippen LogP contribution in [0.1, 0.15) is 12.0 Å². The van der Waals surface area contributed by atoms with Crippen molar-refractivity contribution < 1.29 is 14.3 Å². The minimum Gasteiger partial charge on any atom is -0.495 e. The molecule has 0 aliphatic rings. The van der Waals surface area contributed by atoms with Crippen molar-refractivity contribution >= 4 is 11.6 Å². The highest BCUT2D eigenvalue weighted by molar-refractivity contribution is 5.76. The lowest BCUT2D eigenvalue weighted by Gasteiger charge is -2.07. The number of anilines is 1. The number of carbonyl (C=O) groups excluding carboxylic acids is 1. The Bertz CT molecular complexity index is 394. The van der Waals surface area contributed by atoms with Gasteiger partial charge in [-0.25, -0.2) is 0 Å². The van der Waals surface area contributed by atoms with Gasteiger partial charge in [-0.05, 0) is 24.1 Å². The van der Waals surface area contributed by atoms with Crippen LogP contribution in [0, 0.1) is 0 Å². The van der Waals surface area contributed by atoms with Crippen molar-refractivity contribution in [2.45, 2.75) is 12.8 Å². The lowest BCUT2D eigenvalue weighted by atomic mass is 10.1. The van der Waals surface area contributed by atoms with E-state index in [9.17, 15) is 4.79 Å². The van der Waals surface area contributed by atoms with Crippen LogP contribution in [0.15, 0.2) is 18.2 Å². The van der Waals surface area contributed by atoms with Crippen LogP contribution in [0.5, 0.6) is 5.75 Å². The molecule has 0 spiro atoms. The van der Waals surface area contributed by atoms with Crippen molar-refractivity contribution in [3.63, 3.8) is 0 Å². The molecule has 18 heavy (non-hydrogen) atoms. The Morgan fingerprint density at radius 1 is 1.39 bits per heavy atom. The molecule has 0 aliphatic heterocycles. The zero-order valence-corrected chi connectivity index (χ0v) is 10.9. The number of nitrogen functional groups attached to an aromatic ring is 1. The molecule has 5 nitrogen and oxygen atoms in total. The number of nitrogens with two attached hydrogens (primary N) is 1. The highest BCUT2D eigenvalue weighted by Gasteiger charge is 2.04. The monoisotopic (exact) mass is 252 g/mol. The molecule has 5 heteroatoms. The molecule has 0 bridgehead atoms. The molecular weight excluding hydrogens is 232 g/mol. The predicted molar refractivity (Wildman–Crippen MR) is 70.6 cm³/mol. The summed E-state index contributed by atoms with van der Waals surface area (Å²) in [6.45, 7) is 1.07. The van der Waals surface area contributed by atoms with Crippen LogP contribution in [0.4, 0.5) is 5.69 Å². The summed E-state index contributed by atoms with van der Waals surface area (Å²) in [7, 11) is 3.18. The molecule has 1 rings (SSSR count). The van der Waals surface area contributed by atoms with Gasteiger partial charge in [0.25, 0.3) is 0 Å². The predicted octanol–water partition coefficient (Wildman–Crippen LogP) is 0.973. The van der Waals surface area contributed by atoms with E-state index in [-0.39, 0.29) is 5.91 Å². The summed E-state index contributed by atoms with van der Waals surface area (Å²) in [5.74, 6) is 0.671. The molecule has 0 saturated heterocycles. The van der Waals surface area contributed by atoms with Crippen LogP contribution in [-0.2, 0) is 16.0 Å². The number of aryl methyl sites for hydroxylation is 1. The van der Waals surface area contributed by atoms with Gasteiger partial charge in [-0.1, -0.05) is 6.07 Å². The summed E-state index contributed by atoms with van der Waals surface area (Å²) in [6.07, 6.45) is 1.10. The van der Waals surface area contributed by atoms with Gasteiger partial charge in [-0.15, -0.1) is 0 Å². The maximum atomic E-state index is 11.5. The number of amides is 1. The number of benzene rings is 1. The summed E-state index contributed by atoms with van der Waals surface area (Å²) < 4.78 is 9.92. The molecule has 0 unspecified atom stereocenters. The van der Waals surface area contributed by atoms with Crippen molar-refractivity contribution in [2.24, 2.45) is 0 Å². The topological polar surface area (TPSA) is 73.6 Å². The van der Waals surface area contributed by atoms with Crippen LogP contribution < -0.4 is 15.8 Å². The summed E-state index contributed by atoms with van der Waals surface area (Å²) in [5, 5.41) is 2.77. The van der Waals surface area contributed by atoms with Gasteiger partial charge in [0.05, 0.1) is 19.4 Å². The first kappa shape index (κ1) is 14.3. The standard InChI is InChI=1S/C13H20N2O3/c1-17-8-7-15-13(16)6-4-10-3-5-12(18-2)11(14)9-10/h3,5,9H,4,6-8,14H2,1-2H3,(H,15,16). The molecule has 3 N–H and O–H groups in total. The van der Waals surface area contributed by atoms with E-state index in [0.717, 1.165) is 5.56 Å². The quantitative estimate of drug-likeness (QED) is 0.560. The summed E-state index contributed by atoms with van der Waals surface area (Å²) in [4.78, 5) is 11.5. The van der Waals surface area contributed by atoms with E-state index in [2.05, 4.69) is 5.32 Å². The van der Waals surface area contributed by atoms with Crippen molar-refractivity contribution in [2.75, 3.05) is 33.1 Å². The molecule has 1 aromatic carbocycles. The Morgan fingerprint density at radius 3 is 2.78 bits per heavy atom. The molecule has 0 heterocycles. The van der Waals surface area contributed by atoms with Gasteiger partial charge in [-0.2, -0.15) is 0 Å². The molecular formula is C13H20N2O3. The van der Waals surface area contributed by atoms with Gasteiger partial charge in [0.1, 0.15) is 5.75 Å². The maximum Gasteiger partial charge on any atom is 0.220 e. The first-order valence-corrected chi connectivity index (χ1v) is 5.85. The smallest absolute Gasteiger partial charge is 0.220 e. The molecule has 0 saturated carbocycles. The molecule has 0 atom stereocenters. The van der Waals surface area contributed by atoms with Crippen molar-refractivity contribution in [3.8, 4) is 5.75 Å². The zero-order chi connectivity index (χ0) is 13.4. The van der Waals surface area contributed by atoms with Crippen molar-refractivity contribution in [1.29, 1.82) is 0 Å². The minimum absolute atomic E-state index is 0.0152. The third kappa shape index (κ3) is 4.63. The minimum atomic E-state index is 0.0152. The fourth-order valence-corrected chi connectivity index (χ4v) is 1.58. The van der Waals surface area contributed by atoms with E-state index in [1.807, 2.05) is 18.2 Å². The third-order valence-electron chi connectivity index (χ3n) is 2.56. The molecule has 0 aromatic heterocycles. The van der Waals surface area contributed by atoms with Gasteiger partial charge in [-0.3, -0.25) is 4.79 Å². The SMILES string of the molecule is COCCNC(=O)CCc1ccc(OC)c(N)c1. The van der Waals surface area contributed by atoms with E-state index in [1.165, 1.54) is 0 Å². The van der Waals surface area contributed by atoms with E-state index < -0.39 is 0 Å². The van der Waals surface area contributed by atoms with Crippen LogP contribution in [0.2, 0.25) is 0 Å². The largest absolute Gasteiger partial charge is 0.495 e. The molecule has 1 amide bonds. The molecule has 0 radical (unpaired) electrons.